The molecular weight excluding hydrogens is 1110 g/mol. The molecule has 0 aliphatic rings. The molecule has 5 atom stereocenters. The van der Waals surface area contributed by atoms with E-state index in [2.05, 4.69) is 41.5 Å². The summed E-state index contributed by atoms with van der Waals surface area (Å²) in [5.41, 5.74) is 0. The molecule has 0 saturated heterocycles. The van der Waals surface area contributed by atoms with Crippen molar-refractivity contribution in [2.75, 3.05) is 39.6 Å². The van der Waals surface area contributed by atoms with Crippen LogP contribution in [-0.4, -0.2) is 96.7 Å². The molecule has 0 saturated carbocycles. The van der Waals surface area contributed by atoms with Crippen molar-refractivity contribution >= 4 is 39.5 Å². The highest BCUT2D eigenvalue weighted by molar-refractivity contribution is 7.47. The van der Waals surface area contributed by atoms with Gasteiger partial charge in [-0.05, 0) is 37.5 Å². The lowest BCUT2D eigenvalue weighted by atomic mass is 10.0. The number of carbonyl (C=O) groups is 4. The topological polar surface area (TPSA) is 237 Å². The Labute approximate surface area is 511 Å². The first-order valence-electron chi connectivity index (χ1n) is 34.0. The summed E-state index contributed by atoms with van der Waals surface area (Å²) < 4.78 is 67.9. The maximum Gasteiger partial charge on any atom is 0.472 e. The SMILES string of the molecule is CCCCCCCCCCCC(=O)O[C@H](COC(=O)CCCCCCCCCC)COP(=O)(O)OC[C@H](O)COP(=O)(O)OC[C@@H](COC(=O)CCCCCCCCCC(C)C)OC(=O)CCCCCCCCCCCCCCCCC(C)C. The Morgan fingerprint density at radius 1 is 0.321 bits per heavy atom. The van der Waals surface area contributed by atoms with E-state index in [0.717, 1.165) is 109 Å². The molecular formula is C65H126O17P2. The van der Waals surface area contributed by atoms with Gasteiger partial charge in [-0.1, -0.05) is 273 Å². The number of phosphoric acid groups is 2. The van der Waals surface area contributed by atoms with Crippen LogP contribution in [0.5, 0.6) is 0 Å². The van der Waals surface area contributed by atoms with Crippen LogP contribution in [0.4, 0.5) is 0 Å². The van der Waals surface area contributed by atoms with Crippen LogP contribution in [0.15, 0.2) is 0 Å². The molecule has 19 heteroatoms. The molecule has 0 aromatic rings. The normalized spacial score (nSPS) is 14.3. The number of carbonyl (C=O) groups excluding carboxylic acids is 4. The van der Waals surface area contributed by atoms with Crippen LogP contribution in [-0.2, 0) is 65.4 Å². The van der Waals surface area contributed by atoms with Crippen molar-refractivity contribution < 1.29 is 80.2 Å². The van der Waals surface area contributed by atoms with Crippen molar-refractivity contribution in [2.24, 2.45) is 11.8 Å². The molecule has 84 heavy (non-hydrogen) atoms. The van der Waals surface area contributed by atoms with Crippen molar-refractivity contribution in [1.82, 2.24) is 0 Å². The van der Waals surface area contributed by atoms with Crippen LogP contribution in [0.3, 0.4) is 0 Å². The van der Waals surface area contributed by atoms with Crippen molar-refractivity contribution in [3.8, 4) is 0 Å². The molecule has 498 valence electrons. The van der Waals surface area contributed by atoms with Crippen molar-refractivity contribution in [3.63, 3.8) is 0 Å². The Morgan fingerprint density at radius 2 is 0.548 bits per heavy atom. The van der Waals surface area contributed by atoms with Crippen LogP contribution in [0.2, 0.25) is 0 Å². The summed E-state index contributed by atoms with van der Waals surface area (Å²) in [4.78, 5) is 72.1. The minimum Gasteiger partial charge on any atom is -0.462 e. The molecule has 0 aromatic carbocycles. The van der Waals surface area contributed by atoms with Crippen LogP contribution >= 0.6 is 15.6 Å². The summed E-state index contributed by atoms with van der Waals surface area (Å²) in [7, 11) is -9.88. The van der Waals surface area contributed by atoms with Crippen molar-refractivity contribution in [1.29, 1.82) is 0 Å². The van der Waals surface area contributed by atoms with Crippen LogP contribution in [0, 0.1) is 11.8 Å². The van der Waals surface area contributed by atoms with Crippen LogP contribution in [0.25, 0.3) is 0 Å². The summed E-state index contributed by atoms with van der Waals surface area (Å²) in [5.74, 6) is -0.636. The van der Waals surface area contributed by atoms with E-state index in [-0.39, 0.29) is 25.7 Å². The van der Waals surface area contributed by atoms with E-state index in [4.69, 9.17) is 37.0 Å². The third kappa shape index (κ3) is 59.0. The molecule has 0 aliphatic carbocycles. The predicted octanol–water partition coefficient (Wildman–Crippen LogP) is 18.0. The molecule has 0 radical (unpaired) electrons. The number of unbranched alkanes of at least 4 members (excludes halogenated alkanes) is 34. The number of aliphatic hydroxyl groups excluding tert-OH is 1. The Hall–Kier alpha value is -1.94. The van der Waals surface area contributed by atoms with Crippen molar-refractivity contribution in [3.05, 3.63) is 0 Å². The fourth-order valence-corrected chi connectivity index (χ4v) is 11.3. The van der Waals surface area contributed by atoms with Gasteiger partial charge < -0.3 is 33.8 Å². The molecule has 0 spiro atoms. The molecule has 0 aliphatic heterocycles. The van der Waals surface area contributed by atoms with E-state index >= 15 is 0 Å². The lowest BCUT2D eigenvalue weighted by Gasteiger charge is -2.21. The van der Waals surface area contributed by atoms with E-state index in [1.54, 1.807) is 0 Å². The highest BCUT2D eigenvalue weighted by atomic mass is 31.2. The molecule has 0 fully saturated rings. The highest BCUT2D eigenvalue weighted by Crippen LogP contribution is 2.45. The number of esters is 4. The quantitative estimate of drug-likeness (QED) is 0.0222. The molecule has 0 rings (SSSR count). The van der Waals surface area contributed by atoms with E-state index in [0.29, 0.717) is 31.6 Å². The second-order valence-corrected chi connectivity index (χ2v) is 27.4. The Balaban J connectivity index is 5.18. The lowest BCUT2D eigenvalue weighted by Crippen LogP contribution is -2.30. The number of phosphoric ester groups is 2. The summed E-state index contributed by atoms with van der Waals surface area (Å²) in [6, 6.07) is 0. The van der Waals surface area contributed by atoms with Gasteiger partial charge in [0.2, 0.25) is 0 Å². The fourth-order valence-electron chi connectivity index (χ4n) is 9.71. The number of hydrogen-bond donors (Lipinski definition) is 3. The molecule has 3 N–H and O–H groups in total. The van der Waals surface area contributed by atoms with Gasteiger partial charge in [0.05, 0.1) is 26.4 Å². The van der Waals surface area contributed by atoms with E-state index in [1.807, 2.05) is 0 Å². The van der Waals surface area contributed by atoms with Crippen LogP contribution in [0.1, 0.15) is 324 Å². The van der Waals surface area contributed by atoms with Gasteiger partial charge in [0.15, 0.2) is 12.2 Å². The summed E-state index contributed by atoms with van der Waals surface area (Å²) in [6.45, 7) is 9.43. The third-order valence-corrected chi connectivity index (χ3v) is 16.9. The zero-order valence-electron chi connectivity index (χ0n) is 54.2. The largest absolute Gasteiger partial charge is 0.472 e. The zero-order valence-corrected chi connectivity index (χ0v) is 56.0. The smallest absolute Gasteiger partial charge is 0.462 e. The number of hydrogen-bond acceptors (Lipinski definition) is 15. The van der Waals surface area contributed by atoms with Gasteiger partial charge in [0.1, 0.15) is 19.3 Å². The standard InChI is InChI=1S/C65H126O17P2/c1-7-9-11-13-15-23-30-37-43-49-64(69)81-60(53-75-62(67)47-41-35-29-16-14-12-10-8-2)55-79-83(71,72)77-51-59(66)52-78-84(73,74)80-56-61(54-76-63(68)48-42-36-32-26-28-34-40-46-58(5)6)82-65(70)50-44-38-31-25-22-20-18-17-19-21-24-27-33-39-45-57(3)4/h57-61,66H,7-56H2,1-6H3,(H,71,72)(H,73,74)/t59-,60+,61+/m0/s1. The zero-order chi connectivity index (χ0) is 62.2. The number of ether oxygens (including phenoxy) is 4. The molecule has 2 unspecified atom stereocenters. The average Bonchev–Trinajstić information content (AvgIpc) is 3.51. The Kier molecular flexibility index (Phi) is 56.2. The van der Waals surface area contributed by atoms with Gasteiger partial charge in [0.25, 0.3) is 0 Å². The first-order chi connectivity index (χ1) is 40.4. The van der Waals surface area contributed by atoms with Gasteiger partial charge in [-0.25, -0.2) is 9.13 Å². The molecule has 0 heterocycles. The predicted molar refractivity (Wildman–Crippen MR) is 335 cm³/mol. The maximum atomic E-state index is 13.0. The van der Waals surface area contributed by atoms with Gasteiger partial charge in [-0.2, -0.15) is 0 Å². The monoisotopic (exact) mass is 1240 g/mol. The first kappa shape index (κ1) is 82.1. The highest BCUT2D eigenvalue weighted by Gasteiger charge is 2.30. The maximum absolute atomic E-state index is 13.0. The van der Waals surface area contributed by atoms with Gasteiger partial charge in [0, 0.05) is 25.7 Å². The number of aliphatic hydroxyl groups is 1. The Morgan fingerprint density at radius 3 is 0.810 bits per heavy atom. The molecule has 0 aromatic heterocycles. The first-order valence-corrected chi connectivity index (χ1v) is 37.0. The number of rotatable bonds is 64. The lowest BCUT2D eigenvalue weighted by molar-refractivity contribution is -0.161. The summed E-state index contributed by atoms with van der Waals surface area (Å²) in [6.07, 6.45) is 40.5. The second kappa shape index (κ2) is 57.5. The van der Waals surface area contributed by atoms with Crippen molar-refractivity contribution in [2.45, 2.75) is 342 Å². The summed E-state index contributed by atoms with van der Waals surface area (Å²) in [5, 5.41) is 10.5. The van der Waals surface area contributed by atoms with E-state index in [9.17, 15) is 43.2 Å². The van der Waals surface area contributed by atoms with E-state index < -0.39 is 97.5 Å². The van der Waals surface area contributed by atoms with Gasteiger partial charge >= 0.3 is 39.5 Å². The third-order valence-electron chi connectivity index (χ3n) is 15.0. The molecule has 17 nitrogen and oxygen atoms in total. The van der Waals surface area contributed by atoms with Gasteiger partial charge in [-0.3, -0.25) is 37.3 Å². The minimum atomic E-state index is -4.94. The molecule has 0 amide bonds. The summed E-state index contributed by atoms with van der Waals surface area (Å²) >= 11 is 0. The second-order valence-electron chi connectivity index (χ2n) is 24.5. The Bertz CT molecular complexity index is 1650. The fraction of sp³-hybridized carbons (Fsp3) is 0.938. The minimum absolute atomic E-state index is 0.105. The van der Waals surface area contributed by atoms with Crippen LogP contribution < -0.4 is 0 Å². The average molecular weight is 1240 g/mol. The molecule has 0 bridgehead atoms. The van der Waals surface area contributed by atoms with Gasteiger partial charge in [-0.15, -0.1) is 0 Å². The van der Waals surface area contributed by atoms with E-state index in [1.165, 1.54) is 128 Å².